The van der Waals surface area contributed by atoms with Crippen LogP contribution in [0.2, 0.25) is 0 Å². The molecule has 62 valence electrons. The summed E-state index contributed by atoms with van der Waals surface area (Å²) in [6.45, 7) is 2.13. The van der Waals surface area contributed by atoms with E-state index in [0.717, 1.165) is 12.3 Å². The third-order valence-corrected chi connectivity index (χ3v) is 1.33. The fourth-order valence-corrected chi connectivity index (χ4v) is 0.814. The van der Waals surface area contributed by atoms with Crippen LogP contribution in [-0.4, -0.2) is 43.6 Å². The Labute approximate surface area is 67.6 Å². The fourth-order valence-electron chi connectivity index (χ4n) is 0.656. The SMILES string of the molecule is CNCC(O)CNCCS. The molecule has 0 spiro atoms. The second-order valence-electron chi connectivity index (χ2n) is 2.14. The molecule has 0 rings (SSSR count). The Morgan fingerprint density at radius 2 is 2.20 bits per heavy atom. The van der Waals surface area contributed by atoms with E-state index in [9.17, 15) is 0 Å². The maximum atomic E-state index is 9.13. The van der Waals surface area contributed by atoms with Gasteiger partial charge in [-0.3, -0.25) is 0 Å². The van der Waals surface area contributed by atoms with Gasteiger partial charge in [0.25, 0.3) is 0 Å². The van der Waals surface area contributed by atoms with Crippen LogP contribution in [0.1, 0.15) is 0 Å². The average Bonchev–Trinajstić information content (AvgIpc) is 1.89. The number of hydrogen-bond donors (Lipinski definition) is 4. The zero-order valence-corrected chi connectivity index (χ0v) is 7.19. The van der Waals surface area contributed by atoms with Gasteiger partial charge in [0.1, 0.15) is 0 Å². The van der Waals surface area contributed by atoms with Gasteiger partial charge in [-0.25, -0.2) is 0 Å². The zero-order chi connectivity index (χ0) is 7.82. The van der Waals surface area contributed by atoms with Crippen molar-refractivity contribution in [1.29, 1.82) is 0 Å². The number of thiol groups is 1. The highest BCUT2D eigenvalue weighted by atomic mass is 32.1. The summed E-state index contributed by atoms with van der Waals surface area (Å²) in [6, 6.07) is 0. The lowest BCUT2D eigenvalue weighted by atomic mass is 10.3. The number of aliphatic hydroxyl groups excluding tert-OH is 1. The first-order valence-electron chi connectivity index (χ1n) is 3.45. The Hall–Kier alpha value is 0.230. The summed E-state index contributed by atoms with van der Waals surface area (Å²) in [5.74, 6) is 0.812. The Morgan fingerprint density at radius 3 is 2.70 bits per heavy atom. The minimum Gasteiger partial charge on any atom is -0.390 e. The molecule has 0 saturated carbocycles. The molecular weight excluding hydrogens is 148 g/mol. The van der Waals surface area contributed by atoms with Crippen LogP contribution < -0.4 is 10.6 Å². The summed E-state index contributed by atoms with van der Waals surface area (Å²) in [7, 11) is 1.82. The van der Waals surface area contributed by atoms with Crippen LogP contribution in [-0.2, 0) is 0 Å². The largest absolute Gasteiger partial charge is 0.390 e. The maximum absolute atomic E-state index is 9.13. The van der Waals surface area contributed by atoms with Gasteiger partial charge in [-0.15, -0.1) is 0 Å². The lowest BCUT2D eigenvalue weighted by molar-refractivity contribution is 0.172. The summed E-state index contributed by atoms with van der Waals surface area (Å²) < 4.78 is 0. The van der Waals surface area contributed by atoms with Crippen LogP contribution in [0.5, 0.6) is 0 Å². The van der Waals surface area contributed by atoms with E-state index in [2.05, 4.69) is 23.3 Å². The van der Waals surface area contributed by atoms with Gasteiger partial charge < -0.3 is 15.7 Å². The van der Waals surface area contributed by atoms with Crippen molar-refractivity contribution < 1.29 is 5.11 Å². The van der Waals surface area contributed by atoms with Crippen molar-refractivity contribution in [1.82, 2.24) is 10.6 Å². The van der Waals surface area contributed by atoms with Gasteiger partial charge in [-0.1, -0.05) is 0 Å². The predicted octanol–water partition coefficient (Wildman–Crippen LogP) is -0.914. The highest BCUT2D eigenvalue weighted by molar-refractivity contribution is 7.80. The minimum atomic E-state index is -0.287. The van der Waals surface area contributed by atoms with Gasteiger partial charge in [0, 0.05) is 25.4 Å². The molecule has 3 nitrogen and oxygen atoms in total. The van der Waals surface area contributed by atoms with Crippen molar-refractivity contribution in [3.63, 3.8) is 0 Å². The molecule has 0 radical (unpaired) electrons. The van der Waals surface area contributed by atoms with Crippen LogP contribution in [0.3, 0.4) is 0 Å². The molecule has 0 aromatic heterocycles. The molecule has 3 N–H and O–H groups in total. The second kappa shape index (κ2) is 7.34. The maximum Gasteiger partial charge on any atom is 0.0788 e. The molecule has 0 aliphatic rings. The van der Waals surface area contributed by atoms with Crippen LogP contribution in [0.15, 0.2) is 0 Å². The molecule has 1 unspecified atom stereocenters. The lowest BCUT2D eigenvalue weighted by Gasteiger charge is -2.09. The Morgan fingerprint density at radius 1 is 1.50 bits per heavy atom. The van der Waals surface area contributed by atoms with Crippen molar-refractivity contribution in [2.45, 2.75) is 6.10 Å². The average molecular weight is 164 g/mol. The second-order valence-corrected chi connectivity index (χ2v) is 2.59. The topological polar surface area (TPSA) is 44.3 Å². The first-order chi connectivity index (χ1) is 4.81. The molecule has 0 bridgehead atoms. The summed E-state index contributed by atoms with van der Waals surface area (Å²) in [6.07, 6.45) is -0.287. The predicted molar refractivity (Wildman–Crippen MR) is 46.7 cm³/mol. The molecule has 4 heteroatoms. The Bertz CT molecular complexity index is 72.8. The molecule has 0 amide bonds. The molecule has 0 aromatic carbocycles. The van der Waals surface area contributed by atoms with E-state index in [1.165, 1.54) is 0 Å². The van der Waals surface area contributed by atoms with Crippen molar-refractivity contribution in [2.75, 3.05) is 32.4 Å². The summed E-state index contributed by atoms with van der Waals surface area (Å²) in [5.41, 5.74) is 0. The van der Waals surface area contributed by atoms with Crippen LogP contribution >= 0.6 is 12.6 Å². The first kappa shape index (κ1) is 10.2. The van der Waals surface area contributed by atoms with E-state index < -0.39 is 0 Å². The van der Waals surface area contributed by atoms with Gasteiger partial charge >= 0.3 is 0 Å². The standard InChI is InChI=1S/C6H16N2OS/c1-7-4-6(9)5-8-2-3-10/h6-10H,2-5H2,1H3. The van der Waals surface area contributed by atoms with Gasteiger partial charge in [-0.05, 0) is 7.05 Å². The highest BCUT2D eigenvalue weighted by Gasteiger charge is 1.98. The first-order valence-corrected chi connectivity index (χ1v) is 4.08. The Kier molecular flexibility index (Phi) is 7.51. The smallest absolute Gasteiger partial charge is 0.0788 e. The van der Waals surface area contributed by atoms with E-state index in [0.29, 0.717) is 13.1 Å². The van der Waals surface area contributed by atoms with Crippen molar-refractivity contribution in [2.24, 2.45) is 0 Å². The molecule has 0 heterocycles. The van der Waals surface area contributed by atoms with Crippen LogP contribution in [0.4, 0.5) is 0 Å². The monoisotopic (exact) mass is 164 g/mol. The summed E-state index contributed by atoms with van der Waals surface area (Å²) in [4.78, 5) is 0. The summed E-state index contributed by atoms with van der Waals surface area (Å²) >= 11 is 4.02. The molecule has 10 heavy (non-hydrogen) atoms. The molecule has 0 aliphatic heterocycles. The molecule has 0 saturated heterocycles. The molecule has 0 aromatic rings. The number of aliphatic hydroxyl groups is 1. The number of likely N-dealkylation sites (N-methyl/N-ethyl adjacent to an activating group) is 1. The van der Waals surface area contributed by atoms with E-state index in [4.69, 9.17) is 5.11 Å². The zero-order valence-electron chi connectivity index (χ0n) is 6.30. The number of nitrogens with one attached hydrogen (secondary N) is 2. The lowest BCUT2D eigenvalue weighted by Crippen LogP contribution is -2.34. The molecular formula is C6H16N2OS. The van der Waals surface area contributed by atoms with Gasteiger partial charge in [0.05, 0.1) is 6.10 Å². The number of hydrogen-bond acceptors (Lipinski definition) is 4. The van der Waals surface area contributed by atoms with Crippen LogP contribution in [0.25, 0.3) is 0 Å². The quantitative estimate of drug-likeness (QED) is 0.303. The van der Waals surface area contributed by atoms with E-state index in [1.807, 2.05) is 7.05 Å². The Balaban J connectivity index is 2.97. The third kappa shape index (κ3) is 6.35. The van der Waals surface area contributed by atoms with Crippen molar-refractivity contribution >= 4 is 12.6 Å². The van der Waals surface area contributed by atoms with Crippen molar-refractivity contribution in [3.05, 3.63) is 0 Å². The summed E-state index contributed by atoms with van der Waals surface area (Å²) in [5, 5.41) is 15.1. The third-order valence-electron chi connectivity index (χ3n) is 1.11. The minimum absolute atomic E-state index is 0.287. The molecule has 0 aliphatic carbocycles. The van der Waals surface area contributed by atoms with E-state index >= 15 is 0 Å². The van der Waals surface area contributed by atoms with Gasteiger partial charge in [0.15, 0.2) is 0 Å². The van der Waals surface area contributed by atoms with Gasteiger partial charge in [-0.2, -0.15) is 12.6 Å². The normalized spacial score (nSPS) is 13.5. The van der Waals surface area contributed by atoms with E-state index in [-0.39, 0.29) is 6.10 Å². The number of rotatable bonds is 6. The highest BCUT2D eigenvalue weighted by Crippen LogP contribution is 1.76. The van der Waals surface area contributed by atoms with E-state index in [1.54, 1.807) is 0 Å². The van der Waals surface area contributed by atoms with Crippen LogP contribution in [0, 0.1) is 0 Å². The van der Waals surface area contributed by atoms with Gasteiger partial charge in [0.2, 0.25) is 0 Å². The molecule has 0 fully saturated rings. The molecule has 1 atom stereocenters. The van der Waals surface area contributed by atoms with Crippen molar-refractivity contribution in [3.8, 4) is 0 Å². The fraction of sp³-hybridized carbons (Fsp3) is 1.00.